The first kappa shape index (κ1) is 11.8. The maximum atomic E-state index is 11.2. The Morgan fingerprint density at radius 1 is 1.29 bits per heavy atom. The predicted octanol–water partition coefficient (Wildman–Crippen LogP) is 1.46. The number of carbonyl (C=O) groups excluding carboxylic acids is 1. The number of para-hydroxylation sites is 1. The van der Waals surface area contributed by atoms with E-state index in [1.54, 1.807) is 6.07 Å². The van der Waals surface area contributed by atoms with Gasteiger partial charge in [0, 0.05) is 13.1 Å². The van der Waals surface area contributed by atoms with Gasteiger partial charge in [-0.1, -0.05) is 19.9 Å². The van der Waals surface area contributed by atoms with Crippen LogP contribution in [0, 0.1) is 11.8 Å². The molecular weight excluding hydrogens is 214 g/mol. The van der Waals surface area contributed by atoms with Gasteiger partial charge in [-0.2, -0.15) is 0 Å². The van der Waals surface area contributed by atoms with Gasteiger partial charge in [-0.3, -0.25) is 4.79 Å². The van der Waals surface area contributed by atoms with Crippen LogP contribution >= 0.6 is 0 Å². The minimum Gasteiger partial charge on any atom is -0.396 e. The fourth-order valence-corrected chi connectivity index (χ4v) is 2.37. The molecule has 0 radical (unpaired) electrons. The van der Waals surface area contributed by atoms with Crippen molar-refractivity contribution >= 4 is 17.3 Å². The van der Waals surface area contributed by atoms with E-state index in [1.807, 2.05) is 12.1 Å². The van der Waals surface area contributed by atoms with Gasteiger partial charge in [-0.15, -0.1) is 0 Å². The first-order valence-electron chi connectivity index (χ1n) is 5.94. The molecule has 1 heterocycles. The van der Waals surface area contributed by atoms with Crippen molar-refractivity contribution in [2.24, 2.45) is 17.6 Å². The second-order valence-corrected chi connectivity index (χ2v) is 4.96. The molecule has 1 fully saturated rings. The van der Waals surface area contributed by atoms with Gasteiger partial charge < -0.3 is 16.4 Å². The molecule has 1 aromatic carbocycles. The van der Waals surface area contributed by atoms with Crippen molar-refractivity contribution in [1.29, 1.82) is 0 Å². The Hall–Kier alpha value is -1.71. The number of primary amides is 1. The standard InChI is InChI=1S/C13H19N3O/c1-8-6-16(7-9(8)2)11-5-3-4-10(12(11)14)13(15)17/h3-5,8-9H,6-7,14H2,1-2H3,(H2,15,17). The topological polar surface area (TPSA) is 72.3 Å². The van der Waals surface area contributed by atoms with E-state index in [9.17, 15) is 4.79 Å². The number of anilines is 2. The molecule has 17 heavy (non-hydrogen) atoms. The van der Waals surface area contributed by atoms with Crippen LogP contribution in [0.15, 0.2) is 18.2 Å². The lowest BCUT2D eigenvalue weighted by atomic mass is 10.0. The van der Waals surface area contributed by atoms with Gasteiger partial charge in [-0.05, 0) is 24.0 Å². The van der Waals surface area contributed by atoms with Crippen molar-refractivity contribution in [2.75, 3.05) is 23.7 Å². The summed E-state index contributed by atoms with van der Waals surface area (Å²) in [4.78, 5) is 13.5. The summed E-state index contributed by atoms with van der Waals surface area (Å²) < 4.78 is 0. The normalized spacial score (nSPS) is 24.0. The highest BCUT2D eigenvalue weighted by Crippen LogP contribution is 2.32. The number of nitrogens with two attached hydrogens (primary N) is 2. The highest BCUT2D eigenvalue weighted by atomic mass is 16.1. The molecule has 0 aliphatic carbocycles. The van der Waals surface area contributed by atoms with Gasteiger partial charge in [0.2, 0.25) is 0 Å². The number of hydrogen-bond acceptors (Lipinski definition) is 3. The largest absolute Gasteiger partial charge is 0.396 e. The summed E-state index contributed by atoms with van der Waals surface area (Å²) in [5, 5.41) is 0. The third kappa shape index (κ3) is 2.07. The molecule has 0 saturated carbocycles. The van der Waals surface area contributed by atoms with Crippen LogP contribution < -0.4 is 16.4 Å². The summed E-state index contributed by atoms with van der Waals surface area (Å²) in [5.74, 6) is 0.822. The second kappa shape index (κ2) is 4.28. The van der Waals surface area contributed by atoms with Crippen molar-refractivity contribution in [1.82, 2.24) is 0 Å². The van der Waals surface area contributed by atoms with Crippen LogP contribution in [0.25, 0.3) is 0 Å². The van der Waals surface area contributed by atoms with Crippen LogP contribution in [0.2, 0.25) is 0 Å². The molecule has 0 aromatic heterocycles. The number of carbonyl (C=O) groups is 1. The van der Waals surface area contributed by atoms with Crippen LogP contribution in [-0.2, 0) is 0 Å². The monoisotopic (exact) mass is 233 g/mol. The molecule has 0 bridgehead atoms. The van der Waals surface area contributed by atoms with Gasteiger partial charge in [0.25, 0.3) is 5.91 Å². The van der Waals surface area contributed by atoms with Crippen LogP contribution in [-0.4, -0.2) is 19.0 Å². The highest BCUT2D eigenvalue weighted by molar-refractivity contribution is 6.00. The Kier molecular flexibility index (Phi) is 2.96. The zero-order valence-corrected chi connectivity index (χ0v) is 10.3. The van der Waals surface area contributed by atoms with Crippen molar-refractivity contribution in [3.63, 3.8) is 0 Å². The van der Waals surface area contributed by atoms with E-state index in [1.165, 1.54) is 0 Å². The molecule has 0 spiro atoms. The highest BCUT2D eigenvalue weighted by Gasteiger charge is 2.27. The van der Waals surface area contributed by atoms with Crippen LogP contribution in [0.1, 0.15) is 24.2 Å². The number of benzene rings is 1. The maximum Gasteiger partial charge on any atom is 0.250 e. The van der Waals surface area contributed by atoms with E-state index in [-0.39, 0.29) is 0 Å². The van der Waals surface area contributed by atoms with Crippen LogP contribution in [0.4, 0.5) is 11.4 Å². The Labute approximate surface area is 102 Å². The van der Waals surface area contributed by atoms with Crippen molar-refractivity contribution in [3.8, 4) is 0 Å². The molecule has 92 valence electrons. The third-order valence-electron chi connectivity index (χ3n) is 3.68. The van der Waals surface area contributed by atoms with E-state index in [4.69, 9.17) is 11.5 Å². The van der Waals surface area contributed by atoms with E-state index >= 15 is 0 Å². The van der Waals surface area contributed by atoms with Crippen molar-refractivity contribution in [3.05, 3.63) is 23.8 Å². The molecular formula is C13H19N3O. The summed E-state index contributed by atoms with van der Waals surface area (Å²) in [5.41, 5.74) is 13.2. The van der Waals surface area contributed by atoms with Crippen molar-refractivity contribution in [2.45, 2.75) is 13.8 Å². The zero-order valence-electron chi connectivity index (χ0n) is 10.3. The predicted molar refractivity (Wildman–Crippen MR) is 69.9 cm³/mol. The van der Waals surface area contributed by atoms with E-state index < -0.39 is 5.91 Å². The molecule has 4 heteroatoms. The average molecular weight is 233 g/mol. The first-order valence-corrected chi connectivity index (χ1v) is 5.94. The molecule has 1 aliphatic rings. The first-order chi connectivity index (χ1) is 8.00. The Balaban J connectivity index is 2.34. The minimum atomic E-state index is -0.468. The second-order valence-electron chi connectivity index (χ2n) is 4.96. The molecule has 4 N–H and O–H groups in total. The van der Waals surface area contributed by atoms with Gasteiger partial charge in [0.1, 0.15) is 0 Å². The molecule has 1 aromatic rings. The third-order valence-corrected chi connectivity index (χ3v) is 3.68. The molecule has 2 rings (SSSR count). The van der Waals surface area contributed by atoms with Crippen LogP contribution in [0.3, 0.4) is 0 Å². The van der Waals surface area contributed by atoms with E-state index in [0.717, 1.165) is 18.8 Å². The lowest BCUT2D eigenvalue weighted by Crippen LogP contribution is -2.22. The van der Waals surface area contributed by atoms with Gasteiger partial charge in [0.15, 0.2) is 0 Å². The smallest absolute Gasteiger partial charge is 0.250 e. The summed E-state index contributed by atoms with van der Waals surface area (Å²) in [6.45, 7) is 6.43. The fraction of sp³-hybridized carbons (Fsp3) is 0.462. The van der Waals surface area contributed by atoms with Gasteiger partial charge in [-0.25, -0.2) is 0 Å². The number of rotatable bonds is 2. The number of nitrogen functional groups attached to an aromatic ring is 1. The lowest BCUT2D eigenvalue weighted by molar-refractivity contribution is 0.100. The molecule has 2 unspecified atom stereocenters. The summed E-state index contributed by atoms with van der Waals surface area (Å²) in [7, 11) is 0. The molecule has 1 amide bonds. The molecule has 2 atom stereocenters. The lowest BCUT2D eigenvalue weighted by Gasteiger charge is -2.21. The average Bonchev–Trinajstić information content (AvgIpc) is 2.59. The van der Waals surface area contributed by atoms with Gasteiger partial charge in [0.05, 0.1) is 16.9 Å². The minimum absolute atomic E-state index is 0.412. The number of hydrogen-bond donors (Lipinski definition) is 2. The fourth-order valence-electron chi connectivity index (χ4n) is 2.37. The Morgan fingerprint density at radius 3 is 2.41 bits per heavy atom. The Morgan fingerprint density at radius 2 is 1.88 bits per heavy atom. The number of amides is 1. The quantitative estimate of drug-likeness (QED) is 0.760. The van der Waals surface area contributed by atoms with E-state index in [0.29, 0.717) is 23.1 Å². The van der Waals surface area contributed by atoms with Gasteiger partial charge >= 0.3 is 0 Å². The summed E-state index contributed by atoms with van der Waals surface area (Å²) in [6.07, 6.45) is 0. The molecule has 4 nitrogen and oxygen atoms in total. The maximum absolute atomic E-state index is 11.2. The summed E-state index contributed by atoms with van der Waals surface area (Å²) in [6, 6.07) is 5.45. The summed E-state index contributed by atoms with van der Waals surface area (Å²) >= 11 is 0. The zero-order chi connectivity index (χ0) is 12.6. The SMILES string of the molecule is CC1CN(c2cccc(C(N)=O)c2N)CC1C. The van der Waals surface area contributed by atoms with Crippen molar-refractivity contribution < 1.29 is 4.79 Å². The van der Waals surface area contributed by atoms with E-state index in [2.05, 4.69) is 18.7 Å². The molecule has 1 saturated heterocycles. The van der Waals surface area contributed by atoms with Crippen LogP contribution in [0.5, 0.6) is 0 Å². The molecule has 1 aliphatic heterocycles. The Bertz CT molecular complexity index is 434. The number of nitrogens with zero attached hydrogens (tertiary/aromatic N) is 1.